The van der Waals surface area contributed by atoms with Gasteiger partial charge in [0.1, 0.15) is 6.07 Å². The van der Waals surface area contributed by atoms with Crippen LogP contribution in [0.2, 0.25) is 0 Å². The highest BCUT2D eigenvalue weighted by molar-refractivity contribution is 5.93. The molecule has 0 aliphatic heterocycles. The minimum Gasteiger partial charge on any atom is -0.389 e. The number of rotatable bonds is 8. The molecule has 2 atom stereocenters. The van der Waals surface area contributed by atoms with E-state index in [2.05, 4.69) is 25.6 Å². The predicted molar refractivity (Wildman–Crippen MR) is 109 cm³/mol. The maximum absolute atomic E-state index is 11.8. The van der Waals surface area contributed by atoms with Crippen molar-refractivity contribution in [1.29, 1.82) is 5.26 Å². The quantitative estimate of drug-likeness (QED) is 0.429. The van der Waals surface area contributed by atoms with Crippen molar-refractivity contribution >= 4 is 23.7 Å². The van der Waals surface area contributed by atoms with Crippen molar-refractivity contribution in [2.75, 3.05) is 24.7 Å². The number of nitrogens with one attached hydrogen (secondary N) is 2. The van der Waals surface area contributed by atoms with Gasteiger partial charge in [-0.15, -0.1) is 0 Å². The molecule has 0 saturated heterocycles. The number of aliphatic hydroxyl groups is 1. The second-order valence-corrected chi connectivity index (χ2v) is 7.42. The normalized spacial score (nSPS) is 16.3. The van der Waals surface area contributed by atoms with Gasteiger partial charge < -0.3 is 15.7 Å². The van der Waals surface area contributed by atoms with E-state index in [1.807, 2.05) is 6.07 Å². The van der Waals surface area contributed by atoms with Gasteiger partial charge in [0, 0.05) is 17.7 Å². The number of nitriles is 1. The number of amides is 1. The van der Waals surface area contributed by atoms with Gasteiger partial charge in [-0.3, -0.25) is 19.5 Å². The summed E-state index contributed by atoms with van der Waals surface area (Å²) in [5.74, 6) is 0.361. The Morgan fingerprint density at radius 2 is 2.07 bits per heavy atom. The Balaban J connectivity index is 1.89. The average Bonchev–Trinajstić information content (AvgIpc) is 3.57. The van der Waals surface area contributed by atoms with Crippen LogP contribution in [0.4, 0.5) is 11.5 Å². The number of anilines is 2. The first kappa shape index (κ1) is 21.3. The molecule has 156 valence electrons. The third kappa shape index (κ3) is 4.27. The van der Waals surface area contributed by atoms with Crippen LogP contribution in [0.3, 0.4) is 0 Å². The van der Waals surface area contributed by atoms with Crippen LogP contribution in [0, 0.1) is 17.2 Å². The Morgan fingerprint density at radius 1 is 1.33 bits per heavy atom. The number of pyridine rings is 1. The number of aromatic nitrogens is 3. The Bertz CT molecular complexity index is 971. The van der Waals surface area contributed by atoms with E-state index in [1.165, 1.54) is 30.4 Å². The molecule has 2 aromatic rings. The van der Waals surface area contributed by atoms with Crippen LogP contribution in [-0.2, 0) is 9.59 Å². The zero-order valence-electron chi connectivity index (χ0n) is 17.0. The van der Waals surface area contributed by atoms with Crippen molar-refractivity contribution < 1.29 is 14.7 Å². The number of carbonyl (C=O) groups is 2. The van der Waals surface area contributed by atoms with Gasteiger partial charge in [-0.1, -0.05) is 0 Å². The Labute approximate surface area is 174 Å². The molecule has 0 bridgehead atoms. The number of carbonyl (C=O) groups excluding carboxylic acids is 2. The summed E-state index contributed by atoms with van der Waals surface area (Å²) in [6, 6.07) is 3.59. The molecule has 3 rings (SSSR count). The highest BCUT2D eigenvalue weighted by Gasteiger charge is 2.38. The fourth-order valence-electron chi connectivity index (χ4n) is 2.94. The minimum absolute atomic E-state index is 0.0596. The lowest BCUT2D eigenvalue weighted by molar-refractivity contribution is -0.121. The van der Waals surface area contributed by atoms with Crippen molar-refractivity contribution in [2.24, 2.45) is 5.92 Å². The topological polar surface area (TPSA) is 144 Å². The molecule has 2 aromatic heterocycles. The molecular weight excluding hydrogens is 386 g/mol. The number of hydrogen-bond donors (Lipinski definition) is 3. The fraction of sp³-hybridized carbons (Fsp3) is 0.400. The molecular formula is C20H23N7O3. The summed E-state index contributed by atoms with van der Waals surface area (Å²) in [4.78, 5) is 37.8. The van der Waals surface area contributed by atoms with Gasteiger partial charge in [0.15, 0.2) is 23.5 Å². The van der Waals surface area contributed by atoms with Crippen molar-refractivity contribution in [1.82, 2.24) is 19.9 Å². The van der Waals surface area contributed by atoms with Gasteiger partial charge in [0.2, 0.25) is 5.91 Å². The molecule has 10 nitrogen and oxygen atoms in total. The van der Waals surface area contributed by atoms with Gasteiger partial charge in [-0.2, -0.15) is 5.26 Å². The summed E-state index contributed by atoms with van der Waals surface area (Å²) < 4.78 is 0. The molecule has 0 unspecified atom stereocenters. The third-order valence-corrected chi connectivity index (χ3v) is 5.03. The van der Waals surface area contributed by atoms with E-state index >= 15 is 0 Å². The predicted octanol–water partition coefficient (Wildman–Crippen LogP) is 1.01. The zero-order chi connectivity index (χ0) is 21.9. The molecule has 1 amide bonds. The number of likely N-dealkylation sites (N-methyl/N-ethyl adjacent to an activating group) is 1. The van der Waals surface area contributed by atoms with E-state index in [0.717, 1.165) is 12.8 Å². The summed E-state index contributed by atoms with van der Waals surface area (Å²) in [6.07, 6.45) is 5.71. The first-order valence-electron chi connectivity index (χ1n) is 9.44. The standard InChI is InChI=1S/C20H23N7O3/c1-12(29)20(11-28,27(2)3)26-15-6-14(8-22-16(15)7-21)17-9-24-18(10-23-17)25-19(30)13-4-5-13/h6,8-13,26,29H,4-5H2,1-3H3,(H,24,25,30)/t12-,20-/m0/s1. The van der Waals surface area contributed by atoms with Crippen LogP contribution in [0.1, 0.15) is 25.5 Å². The van der Waals surface area contributed by atoms with E-state index in [0.29, 0.717) is 23.4 Å². The summed E-state index contributed by atoms with van der Waals surface area (Å²) in [6.45, 7) is 1.48. The Morgan fingerprint density at radius 3 is 2.57 bits per heavy atom. The van der Waals surface area contributed by atoms with Crippen molar-refractivity contribution in [2.45, 2.75) is 31.5 Å². The Kier molecular flexibility index (Phi) is 6.05. The molecule has 10 heteroatoms. The number of aliphatic hydroxyl groups excluding tert-OH is 1. The van der Waals surface area contributed by atoms with E-state index < -0.39 is 11.8 Å². The molecule has 1 fully saturated rings. The van der Waals surface area contributed by atoms with Gasteiger partial charge >= 0.3 is 0 Å². The van der Waals surface area contributed by atoms with Crippen LogP contribution in [0.15, 0.2) is 24.7 Å². The van der Waals surface area contributed by atoms with Crippen LogP contribution in [0.25, 0.3) is 11.3 Å². The highest BCUT2D eigenvalue weighted by Crippen LogP contribution is 2.30. The van der Waals surface area contributed by atoms with E-state index in [9.17, 15) is 20.0 Å². The highest BCUT2D eigenvalue weighted by atomic mass is 16.3. The fourth-order valence-corrected chi connectivity index (χ4v) is 2.94. The zero-order valence-corrected chi connectivity index (χ0v) is 17.0. The summed E-state index contributed by atoms with van der Waals surface area (Å²) in [5.41, 5.74) is -0.0983. The average molecular weight is 409 g/mol. The molecule has 0 radical (unpaired) electrons. The van der Waals surface area contributed by atoms with E-state index in [4.69, 9.17) is 0 Å². The summed E-state index contributed by atoms with van der Waals surface area (Å²) in [5, 5.41) is 25.3. The lowest BCUT2D eigenvalue weighted by atomic mass is 10.0. The SMILES string of the molecule is C[C@H](O)[C@@](C=O)(Nc1cc(-c2cnc(NC(=O)C3CC3)cn2)cnc1C#N)N(C)C. The molecule has 3 N–H and O–H groups in total. The molecule has 1 aliphatic carbocycles. The van der Waals surface area contributed by atoms with Crippen molar-refractivity contribution in [3.8, 4) is 17.3 Å². The van der Waals surface area contributed by atoms with Gasteiger partial charge in [0.25, 0.3) is 0 Å². The van der Waals surface area contributed by atoms with Crippen LogP contribution >= 0.6 is 0 Å². The third-order valence-electron chi connectivity index (χ3n) is 5.03. The van der Waals surface area contributed by atoms with Gasteiger partial charge in [-0.25, -0.2) is 9.97 Å². The maximum Gasteiger partial charge on any atom is 0.228 e. The second-order valence-electron chi connectivity index (χ2n) is 7.42. The maximum atomic E-state index is 11.8. The second kappa shape index (κ2) is 8.52. The first-order chi connectivity index (χ1) is 14.3. The molecule has 1 saturated carbocycles. The summed E-state index contributed by atoms with van der Waals surface area (Å²) >= 11 is 0. The number of nitrogens with zero attached hydrogens (tertiary/aromatic N) is 5. The minimum atomic E-state index is -1.45. The molecule has 0 spiro atoms. The molecule has 1 aliphatic rings. The molecule has 0 aromatic carbocycles. The van der Waals surface area contributed by atoms with Crippen molar-refractivity contribution in [3.63, 3.8) is 0 Å². The first-order valence-corrected chi connectivity index (χ1v) is 9.44. The smallest absolute Gasteiger partial charge is 0.228 e. The molecule has 30 heavy (non-hydrogen) atoms. The van der Waals surface area contributed by atoms with Crippen LogP contribution in [0.5, 0.6) is 0 Å². The Hall–Kier alpha value is -3.42. The number of hydrogen-bond acceptors (Lipinski definition) is 9. The molecule has 2 heterocycles. The lowest BCUT2D eigenvalue weighted by Gasteiger charge is -2.38. The van der Waals surface area contributed by atoms with Crippen LogP contribution < -0.4 is 10.6 Å². The largest absolute Gasteiger partial charge is 0.389 e. The monoisotopic (exact) mass is 409 g/mol. The number of aldehydes is 1. The lowest BCUT2D eigenvalue weighted by Crippen LogP contribution is -2.60. The van der Waals surface area contributed by atoms with Crippen molar-refractivity contribution in [3.05, 3.63) is 30.4 Å². The van der Waals surface area contributed by atoms with Gasteiger partial charge in [0.05, 0.1) is 29.9 Å². The van der Waals surface area contributed by atoms with Crippen LogP contribution in [-0.4, -0.2) is 63.0 Å². The van der Waals surface area contributed by atoms with Gasteiger partial charge in [-0.05, 0) is 39.9 Å². The van der Waals surface area contributed by atoms with E-state index in [-0.39, 0.29) is 23.2 Å². The summed E-state index contributed by atoms with van der Waals surface area (Å²) in [7, 11) is 3.27. The van der Waals surface area contributed by atoms with E-state index in [1.54, 1.807) is 20.2 Å².